The molecule has 0 amide bonds. The van der Waals surface area contributed by atoms with Crippen LogP contribution in [-0.4, -0.2) is 29.7 Å². The number of hydrogen-bond donors (Lipinski definition) is 2. The fourth-order valence-electron chi connectivity index (χ4n) is 1.19. The number of rotatable bonds is 0. The zero-order valence-electron chi connectivity index (χ0n) is 7.02. The molecule has 60 valence electrons. The third-order valence-corrected chi connectivity index (χ3v) is 2.60. The van der Waals surface area contributed by atoms with E-state index in [9.17, 15) is 0 Å². The molecule has 0 aromatic carbocycles. The van der Waals surface area contributed by atoms with Crippen LogP contribution in [0.1, 0.15) is 20.8 Å². The quantitative estimate of drug-likeness (QED) is 0.466. The largest absolute Gasteiger partial charge is 0.311 e. The summed E-state index contributed by atoms with van der Waals surface area (Å²) in [5.74, 6) is 5.80. The molecule has 0 aliphatic carbocycles. The molecule has 1 aliphatic heterocycles. The van der Waals surface area contributed by atoms with Crippen molar-refractivity contribution in [1.29, 1.82) is 0 Å². The molecule has 0 saturated carbocycles. The van der Waals surface area contributed by atoms with Gasteiger partial charge in [0.05, 0.1) is 0 Å². The van der Waals surface area contributed by atoms with Crippen molar-refractivity contribution in [1.82, 2.24) is 10.3 Å². The average Bonchev–Trinajstić information content (AvgIpc) is 1.84. The van der Waals surface area contributed by atoms with Gasteiger partial charge < -0.3 is 5.32 Å². The fourth-order valence-corrected chi connectivity index (χ4v) is 1.19. The predicted octanol–water partition coefficient (Wildman–Crippen LogP) is -0.0676. The van der Waals surface area contributed by atoms with Crippen molar-refractivity contribution in [3.8, 4) is 0 Å². The van der Waals surface area contributed by atoms with Gasteiger partial charge in [0.2, 0.25) is 0 Å². The van der Waals surface area contributed by atoms with Crippen LogP contribution in [0.3, 0.4) is 0 Å². The Balaban J connectivity index is 2.63. The molecule has 0 aromatic heterocycles. The highest BCUT2D eigenvalue weighted by Gasteiger charge is 2.33. The van der Waals surface area contributed by atoms with Gasteiger partial charge in [-0.05, 0) is 20.8 Å². The lowest BCUT2D eigenvalue weighted by molar-refractivity contribution is 0.0553. The summed E-state index contributed by atoms with van der Waals surface area (Å²) in [5, 5.41) is 5.29. The monoisotopic (exact) mass is 143 g/mol. The summed E-state index contributed by atoms with van der Waals surface area (Å²) < 4.78 is 0. The lowest BCUT2D eigenvalue weighted by Gasteiger charge is -2.44. The number of nitrogens with two attached hydrogens (primary N) is 1. The molecule has 0 spiro atoms. The highest BCUT2D eigenvalue weighted by molar-refractivity contribution is 4.92. The van der Waals surface area contributed by atoms with Crippen LogP contribution in [0.4, 0.5) is 0 Å². The molecule has 1 saturated heterocycles. The van der Waals surface area contributed by atoms with Crippen molar-refractivity contribution >= 4 is 0 Å². The van der Waals surface area contributed by atoms with E-state index in [1.165, 1.54) is 0 Å². The van der Waals surface area contributed by atoms with Gasteiger partial charge in [-0.15, -0.1) is 0 Å². The first-order chi connectivity index (χ1) is 4.55. The summed E-state index contributed by atoms with van der Waals surface area (Å²) in [6.45, 7) is 8.42. The molecule has 1 atom stereocenters. The Morgan fingerprint density at radius 2 is 2.20 bits per heavy atom. The van der Waals surface area contributed by atoms with E-state index in [1.54, 1.807) is 0 Å². The normalized spacial score (nSPS) is 34.2. The lowest BCUT2D eigenvalue weighted by Crippen LogP contribution is -2.65. The van der Waals surface area contributed by atoms with Crippen molar-refractivity contribution in [3.05, 3.63) is 0 Å². The van der Waals surface area contributed by atoms with Gasteiger partial charge in [0.25, 0.3) is 0 Å². The molecule has 0 bridgehead atoms. The van der Waals surface area contributed by atoms with E-state index in [-0.39, 0.29) is 5.54 Å². The first-order valence-electron chi connectivity index (χ1n) is 3.81. The van der Waals surface area contributed by atoms with E-state index in [2.05, 4.69) is 26.1 Å². The van der Waals surface area contributed by atoms with E-state index in [1.807, 2.05) is 5.01 Å². The Bertz CT molecular complexity index is 110. The second kappa shape index (κ2) is 2.49. The van der Waals surface area contributed by atoms with Crippen LogP contribution in [0.15, 0.2) is 0 Å². The summed E-state index contributed by atoms with van der Waals surface area (Å²) in [7, 11) is 0. The Kier molecular flexibility index (Phi) is 1.99. The highest BCUT2D eigenvalue weighted by Crippen LogP contribution is 2.17. The Labute approximate surface area is 62.5 Å². The van der Waals surface area contributed by atoms with E-state index < -0.39 is 0 Å². The molecule has 0 radical (unpaired) electrons. The first kappa shape index (κ1) is 7.98. The molecular weight excluding hydrogens is 126 g/mol. The second-order valence-electron chi connectivity index (χ2n) is 3.52. The lowest BCUT2D eigenvalue weighted by atomic mass is 9.93. The minimum absolute atomic E-state index is 0.0955. The van der Waals surface area contributed by atoms with Crippen LogP contribution in [0.25, 0.3) is 0 Å². The number of hydrazine groups is 1. The van der Waals surface area contributed by atoms with Crippen LogP contribution in [0, 0.1) is 0 Å². The molecule has 1 rings (SSSR count). The Morgan fingerprint density at radius 3 is 2.60 bits per heavy atom. The fraction of sp³-hybridized carbons (Fsp3) is 1.00. The summed E-state index contributed by atoms with van der Waals surface area (Å²) in [6.07, 6.45) is 0. The first-order valence-corrected chi connectivity index (χ1v) is 3.81. The molecule has 0 aromatic rings. The molecular formula is C7H17N3. The van der Waals surface area contributed by atoms with Crippen LogP contribution in [0.5, 0.6) is 0 Å². The molecule has 10 heavy (non-hydrogen) atoms. The third kappa shape index (κ3) is 1.17. The zero-order chi connectivity index (χ0) is 7.78. The number of nitrogens with one attached hydrogen (secondary N) is 1. The van der Waals surface area contributed by atoms with Gasteiger partial charge in [0.1, 0.15) is 0 Å². The molecule has 1 fully saturated rings. The minimum Gasteiger partial charge on any atom is -0.311 e. The van der Waals surface area contributed by atoms with Crippen molar-refractivity contribution in [2.24, 2.45) is 5.84 Å². The molecule has 3 heteroatoms. The van der Waals surface area contributed by atoms with Crippen LogP contribution >= 0.6 is 0 Å². The van der Waals surface area contributed by atoms with Crippen LogP contribution < -0.4 is 11.2 Å². The van der Waals surface area contributed by atoms with E-state index in [0.29, 0.717) is 6.04 Å². The molecule has 1 heterocycles. The smallest absolute Gasteiger partial charge is 0.0446 e. The van der Waals surface area contributed by atoms with Gasteiger partial charge in [-0.2, -0.15) is 0 Å². The van der Waals surface area contributed by atoms with Crippen molar-refractivity contribution in [2.75, 3.05) is 13.1 Å². The third-order valence-electron chi connectivity index (χ3n) is 2.60. The van der Waals surface area contributed by atoms with Gasteiger partial charge in [-0.1, -0.05) is 0 Å². The van der Waals surface area contributed by atoms with Gasteiger partial charge in [-0.3, -0.25) is 5.84 Å². The second-order valence-corrected chi connectivity index (χ2v) is 3.52. The average molecular weight is 143 g/mol. The standard InChI is InChI=1S/C7H17N3/c1-6-7(2,3)10(8)5-4-9-6/h6,9H,4-5,8H2,1-3H3. The van der Waals surface area contributed by atoms with E-state index in [0.717, 1.165) is 13.1 Å². The van der Waals surface area contributed by atoms with Gasteiger partial charge >= 0.3 is 0 Å². The Hall–Kier alpha value is -0.120. The van der Waals surface area contributed by atoms with Crippen molar-refractivity contribution < 1.29 is 0 Å². The maximum Gasteiger partial charge on any atom is 0.0446 e. The molecule has 3 N–H and O–H groups in total. The maximum atomic E-state index is 5.80. The minimum atomic E-state index is 0.0955. The topological polar surface area (TPSA) is 41.3 Å². The Morgan fingerprint density at radius 1 is 1.60 bits per heavy atom. The number of piperazine rings is 1. The molecule has 1 aliphatic rings. The summed E-state index contributed by atoms with van der Waals surface area (Å²) in [5.41, 5.74) is 0.0955. The predicted molar refractivity (Wildman–Crippen MR) is 42.4 cm³/mol. The molecule has 3 nitrogen and oxygen atoms in total. The van der Waals surface area contributed by atoms with Crippen molar-refractivity contribution in [2.45, 2.75) is 32.4 Å². The summed E-state index contributed by atoms with van der Waals surface area (Å²) >= 11 is 0. The van der Waals surface area contributed by atoms with Gasteiger partial charge in [0, 0.05) is 24.7 Å². The SMILES string of the molecule is CC1NCCN(N)C1(C)C. The zero-order valence-corrected chi connectivity index (χ0v) is 7.02. The van der Waals surface area contributed by atoms with Crippen molar-refractivity contribution in [3.63, 3.8) is 0 Å². The number of hydrogen-bond acceptors (Lipinski definition) is 3. The van der Waals surface area contributed by atoms with Gasteiger partial charge in [0.15, 0.2) is 0 Å². The summed E-state index contributed by atoms with van der Waals surface area (Å²) in [4.78, 5) is 0. The maximum absolute atomic E-state index is 5.80. The van der Waals surface area contributed by atoms with Gasteiger partial charge in [-0.25, -0.2) is 5.01 Å². The van der Waals surface area contributed by atoms with E-state index >= 15 is 0 Å². The number of nitrogens with zero attached hydrogens (tertiary/aromatic N) is 1. The van der Waals surface area contributed by atoms with Crippen LogP contribution in [0.2, 0.25) is 0 Å². The highest BCUT2D eigenvalue weighted by atomic mass is 15.5. The summed E-state index contributed by atoms with van der Waals surface area (Å²) in [6, 6.07) is 0.478. The van der Waals surface area contributed by atoms with E-state index in [4.69, 9.17) is 5.84 Å². The molecule has 1 unspecified atom stereocenters. The van der Waals surface area contributed by atoms with Crippen LogP contribution in [-0.2, 0) is 0 Å².